The third-order valence-electron chi connectivity index (χ3n) is 3.18. The second-order valence-corrected chi connectivity index (χ2v) is 4.72. The van der Waals surface area contributed by atoms with E-state index in [-0.39, 0.29) is 0 Å². The number of carbonyl (C=O) groups is 1. The standard InChI is InChI=1S/C15H18O3/c1-11(9-15(16)17)10-18-14-8-4-6-12-5-2-3-7-13(12)14/h4,6,8-9H,2-3,5,7,10H2,1H3,(H,16,17)/b11-9+. The second-order valence-electron chi connectivity index (χ2n) is 4.72. The predicted octanol–water partition coefficient (Wildman–Crippen LogP) is 2.98. The van der Waals surface area contributed by atoms with Crippen LogP contribution in [-0.4, -0.2) is 17.7 Å². The van der Waals surface area contributed by atoms with Crippen LogP contribution in [-0.2, 0) is 17.6 Å². The van der Waals surface area contributed by atoms with Crippen molar-refractivity contribution in [3.8, 4) is 5.75 Å². The van der Waals surface area contributed by atoms with Gasteiger partial charge < -0.3 is 9.84 Å². The van der Waals surface area contributed by atoms with Crippen molar-refractivity contribution in [3.05, 3.63) is 41.0 Å². The minimum atomic E-state index is -0.925. The molecule has 3 nitrogen and oxygen atoms in total. The minimum absolute atomic E-state index is 0.336. The van der Waals surface area contributed by atoms with Crippen molar-refractivity contribution >= 4 is 5.97 Å². The van der Waals surface area contributed by atoms with E-state index >= 15 is 0 Å². The molecule has 0 aliphatic heterocycles. The molecule has 1 aromatic carbocycles. The number of ether oxygens (including phenoxy) is 1. The van der Waals surface area contributed by atoms with Gasteiger partial charge in [0.2, 0.25) is 0 Å². The van der Waals surface area contributed by atoms with Gasteiger partial charge in [0.1, 0.15) is 12.4 Å². The lowest BCUT2D eigenvalue weighted by atomic mass is 9.91. The molecule has 0 amide bonds. The summed E-state index contributed by atoms with van der Waals surface area (Å²) in [5.74, 6) is -0.0171. The van der Waals surface area contributed by atoms with Crippen LogP contribution >= 0.6 is 0 Å². The van der Waals surface area contributed by atoms with Crippen molar-refractivity contribution in [2.24, 2.45) is 0 Å². The summed E-state index contributed by atoms with van der Waals surface area (Å²) < 4.78 is 5.74. The fourth-order valence-electron chi connectivity index (χ4n) is 2.33. The number of carboxylic acids is 1. The maximum Gasteiger partial charge on any atom is 0.328 e. The summed E-state index contributed by atoms with van der Waals surface area (Å²) in [5, 5.41) is 8.64. The van der Waals surface area contributed by atoms with E-state index in [0.29, 0.717) is 6.61 Å². The van der Waals surface area contributed by atoms with Crippen molar-refractivity contribution in [1.29, 1.82) is 0 Å². The molecule has 0 spiro atoms. The van der Waals surface area contributed by atoms with Crippen molar-refractivity contribution in [3.63, 3.8) is 0 Å². The Kier molecular flexibility index (Phi) is 4.03. The van der Waals surface area contributed by atoms with E-state index in [1.54, 1.807) is 6.92 Å². The van der Waals surface area contributed by atoms with Gasteiger partial charge in [0, 0.05) is 6.08 Å². The van der Waals surface area contributed by atoms with Gasteiger partial charge in [0.15, 0.2) is 0 Å². The average Bonchev–Trinajstić information content (AvgIpc) is 2.35. The summed E-state index contributed by atoms with van der Waals surface area (Å²) in [4.78, 5) is 10.5. The molecule has 0 unspecified atom stereocenters. The zero-order valence-corrected chi connectivity index (χ0v) is 10.6. The van der Waals surface area contributed by atoms with Crippen LogP contribution in [0.15, 0.2) is 29.8 Å². The van der Waals surface area contributed by atoms with E-state index in [1.165, 1.54) is 30.0 Å². The molecule has 0 saturated carbocycles. The molecule has 1 aromatic rings. The van der Waals surface area contributed by atoms with Gasteiger partial charge in [0.05, 0.1) is 0 Å². The molecular weight excluding hydrogens is 228 g/mol. The highest BCUT2D eigenvalue weighted by Crippen LogP contribution is 2.29. The van der Waals surface area contributed by atoms with E-state index in [1.807, 2.05) is 12.1 Å². The summed E-state index contributed by atoms with van der Waals surface area (Å²) in [5.41, 5.74) is 3.39. The Morgan fingerprint density at radius 3 is 2.94 bits per heavy atom. The molecule has 0 bridgehead atoms. The maximum absolute atomic E-state index is 10.5. The first kappa shape index (κ1) is 12.7. The van der Waals surface area contributed by atoms with Gasteiger partial charge in [-0.25, -0.2) is 4.79 Å². The highest BCUT2D eigenvalue weighted by atomic mass is 16.5. The van der Waals surface area contributed by atoms with E-state index in [2.05, 4.69) is 6.07 Å². The molecule has 0 aromatic heterocycles. The molecule has 2 rings (SSSR count). The van der Waals surface area contributed by atoms with Crippen molar-refractivity contribution in [1.82, 2.24) is 0 Å². The monoisotopic (exact) mass is 246 g/mol. The number of rotatable bonds is 4. The number of fused-ring (bicyclic) bond motifs is 1. The smallest absolute Gasteiger partial charge is 0.328 e. The SMILES string of the molecule is C/C(=C\C(=O)O)COc1cccc2c1CCCC2. The van der Waals surface area contributed by atoms with Gasteiger partial charge in [-0.1, -0.05) is 12.1 Å². The van der Waals surface area contributed by atoms with Crippen LogP contribution in [0.1, 0.15) is 30.9 Å². The van der Waals surface area contributed by atoms with Crippen molar-refractivity contribution in [2.75, 3.05) is 6.61 Å². The normalized spacial score (nSPS) is 15.1. The summed E-state index contributed by atoms with van der Waals surface area (Å²) >= 11 is 0. The Morgan fingerprint density at radius 2 is 2.17 bits per heavy atom. The molecule has 1 N–H and O–H groups in total. The largest absolute Gasteiger partial charge is 0.489 e. The predicted molar refractivity (Wildman–Crippen MR) is 70.0 cm³/mol. The second kappa shape index (κ2) is 5.71. The molecule has 0 radical (unpaired) electrons. The van der Waals surface area contributed by atoms with Crippen LogP contribution in [0.2, 0.25) is 0 Å². The molecule has 96 valence electrons. The van der Waals surface area contributed by atoms with E-state index < -0.39 is 5.97 Å². The van der Waals surface area contributed by atoms with Crippen LogP contribution in [0.3, 0.4) is 0 Å². The lowest BCUT2D eigenvalue weighted by Gasteiger charge is -2.19. The number of aryl methyl sites for hydroxylation is 1. The lowest BCUT2D eigenvalue weighted by Crippen LogP contribution is -2.08. The van der Waals surface area contributed by atoms with E-state index in [4.69, 9.17) is 9.84 Å². The fourth-order valence-corrected chi connectivity index (χ4v) is 2.33. The molecule has 1 aliphatic rings. The topological polar surface area (TPSA) is 46.5 Å². The highest BCUT2D eigenvalue weighted by Gasteiger charge is 2.13. The Morgan fingerprint density at radius 1 is 1.39 bits per heavy atom. The van der Waals surface area contributed by atoms with Gasteiger partial charge in [-0.15, -0.1) is 0 Å². The molecule has 3 heteroatoms. The molecule has 1 aliphatic carbocycles. The summed E-state index contributed by atoms with van der Waals surface area (Å²) in [7, 11) is 0. The first-order valence-electron chi connectivity index (χ1n) is 6.30. The first-order chi connectivity index (χ1) is 8.66. The quantitative estimate of drug-likeness (QED) is 0.831. The molecule has 0 atom stereocenters. The summed E-state index contributed by atoms with van der Waals surface area (Å²) in [6.07, 6.45) is 5.82. The van der Waals surface area contributed by atoms with Crippen LogP contribution in [0, 0.1) is 0 Å². The molecule has 0 heterocycles. The Labute approximate surface area is 107 Å². The molecule has 0 fully saturated rings. The fraction of sp³-hybridized carbons (Fsp3) is 0.400. The van der Waals surface area contributed by atoms with Crippen LogP contribution < -0.4 is 4.74 Å². The molecule has 0 saturated heterocycles. The Bertz CT molecular complexity index is 475. The number of aliphatic carboxylic acids is 1. The maximum atomic E-state index is 10.5. The van der Waals surface area contributed by atoms with Gasteiger partial charge in [-0.05, 0) is 55.4 Å². The third kappa shape index (κ3) is 3.13. The molecular formula is C15H18O3. The van der Waals surface area contributed by atoms with Gasteiger partial charge >= 0.3 is 5.97 Å². The van der Waals surface area contributed by atoms with Crippen molar-refractivity contribution in [2.45, 2.75) is 32.6 Å². The number of benzene rings is 1. The van der Waals surface area contributed by atoms with Crippen molar-refractivity contribution < 1.29 is 14.6 Å². The Balaban J connectivity index is 2.08. The molecule has 18 heavy (non-hydrogen) atoms. The van der Waals surface area contributed by atoms with Gasteiger partial charge in [-0.2, -0.15) is 0 Å². The zero-order valence-electron chi connectivity index (χ0n) is 10.6. The lowest BCUT2D eigenvalue weighted by molar-refractivity contribution is -0.131. The minimum Gasteiger partial charge on any atom is -0.489 e. The third-order valence-corrected chi connectivity index (χ3v) is 3.18. The highest BCUT2D eigenvalue weighted by molar-refractivity contribution is 5.80. The van der Waals surface area contributed by atoms with Crippen LogP contribution in [0.5, 0.6) is 5.75 Å². The van der Waals surface area contributed by atoms with Gasteiger partial charge in [-0.3, -0.25) is 0 Å². The summed E-state index contributed by atoms with van der Waals surface area (Å²) in [6.45, 7) is 2.10. The van der Waals surface area contributed by atoms with E-state index in [9.17, 15) is 4.79 Å². The van der Waals surface area contributed by atoms with Gasteiger partial charge in [0.25, 0.3) is 0 Å². The number of carboxylic acid groups (broad SMARTS) is 1. The summed E-state index contributed by atoms with van der Waals surface area (Å²) in [6, 6.07) is 6.13. The Hall–Kier alpha value is -1.77. The average molecular weight is 246 g/mol. The number of hydrogen-bond donors (Lipinski definition) is 1. The van der Waals surface area contributed by atoms with Crippen LogP contribution in [0.4, 0.5) is 0 Å². The first-order valence-corrected chi connectivity index (χ1v) is 6.30. The van der Waals surface area contributed by atoms with E-state index in [0.717, 1.165) is 24.2 Å². The van der Waals surface area contributed by atoms with Crippen LogP contribution in [0.25, 0.3) is 0 Å². The number of hydrogen-bond acceptors (Lipinski definition) is 2. The zero-order chi connectivity index (χ0) is 13.0.